The average Bonchev–Trinajstić information content (AvgIpc) is 2.24. The number of rotatable bonds is 5. The van der Waals surface area contributed by atoms with E-state index in [9.17, 15) is 13.6 Å². The molecule has 1 atom stereocenters. The van der Waals surface area contributed by atoms with Crippen LogP contribution in [0.5, 0.6) is 0 Å². The highest BCUT2D eigenvalue weighted by molar-refractivity contribution is 5.65. The highest BCUT2D eigenvalue weighted by Gasteiger charge is 2.20. The molecule has 0 saturated heterocycles. The molecule has 0 bridgehead atoms. The molecular formula is C12H13F2NO2. The van der Waals surface area contributed by atoms with Crippen molar-refractivity contribution in [2.24, 2.45) is 0 Å². The van der Waals surface area contributed by atoms with Crippen LogP contribution in [0.4, 0.5) is 13.6 Å². The van der Waals surface area contributed by atoms with E-state index in [1.807, 2.05) is 0 Å². The number of amides is 1. The topological polar surface area (TPSA) is 49.3 Å². The Bertz CT molecular complexity index is 401. The summed E-state index contributed by atoms with van der Waals surface area (Å²) in [6.07, 6.45) is 0.962. The maximum atomic E-state index is 13.5. The first-order chi connectivity index (χ1) is 8.06. The molecule has 0 radical (unpaired) electrons. The van der Waals surface area contributed by atoms with Crippen molar-refractivity contribution in [2.75, 3.05) is 0 Å². The molecule has 0 heterocycles. The largest absolute Gasteiger partial charge is 0.465 e. The molecule has 0 aliphatic rings. The minimum atomic E-state index is -1.32. The third-order valence-corrected chi connectivity index (χ3v) is 2.31. The Morgan fingerprint density at radius 2 is 2.06 bits per heavy atom. The van der Waals surface area contributed by atoms with Crippen LogP contribution in [0.2, 0.25) is 0 Å². The molecule has 0 aromatic heterocycles. The monoisotopic (exact) mass is 241 g/mol. The second-order valence-corrected chi connectivity index (χ2v) is 3.50. The summed E-state index contributed by atoms with van der Waals surface area (Å²) in [5.74, 6) is -1.51. The van der Waals surface area contributed by atoms with Crippen LogP contribution in [0, 0.1) is 11.6 Å². The second-order valence-electron chi connectivity index (χ2n) is 3.50. The molecule has 5 heteroatoms. The van der Waals surface area contributed by atoms with Crippen LogP contribution in [0.15, 0.2) is 30.9 Å². The Hall–Kier alpha value is -1.91. The van der Waals surface area contributed by atoms with Crippen molar-refractivity contribution < 1.29 is 18.7 Å². The van der Waals surface area contributed by atoms with Gasteiger partial charge in [0.05, 0.1) is 6.04 Å². The van der Waals surface area contributed by atoms with E-state index in [1.165, 1.54) is 6.07 Å². The summed E-state index contributed by atoms with van der Waals surface area (Å²) < 4.78 is 27.0. The minimum absolute atomic E-state index is 0.253. The Balaban J connectivity index is 3.02. The SMILES string of the molecule is C=CCCC(NC(=O)O)c1c(F)cccc1F. The molecule has 92 valence electrons. The quantitative estimate of drug-likeness (QED) is 0.777. The Morgan fingerprint density at radius 1 is 1.47 bits per heavy atom. The van der Waals surface area contributed by atoms with E-state index in [1.54, 1.807) is 6.08 Å². The Kier molecular flexibility index (Phi) is 4.63. The first-order valence-electron chi connectivity index (χ1n) is 5.10. The first kappa shape index (κ1) is 13.2. The van der Waals surface area contributed by atoms with Gasteiger partial charge in [0.1, 0.15) is 11.6 Å². The van der Waals surface area contributed by atoms with Crippen molar-refractivity contribution in [3.05, 3.63) is 48.1 Å². The van der Waals surface area contributed by atoms with Gasteiger partial charge < -0.3 is 10.4 Å². The molecule has 1 amide bonds. The predicted octanol–water partition coefficient (Wildman–Crippen LogP) is 3.24. The summed E-state index contributed by atoms with van der Waals surface area (Å²) in [4.78, 5) is 10.6. The zero-order valence-electron chi connectivity index (χ0n) is 9.12. The molecule has 2 N–H and O–H groups in total. The van der Waals surface area contributed by atoms with Gasteiger partial charge in [0.2, 0.25) is 0 Å². The van der Waals surface area contributed by atoms with E-state index >= 15 is 0 Å². The highest BCUT2D eigenvalue weighted by Crippen LogP contribution is 2.24. The van der Waals surface area contributed by atoms with Crippen LogP contribution in [0.25, 0.3) is 0 Å². The summed E-state index contributed by atoms with van der Waals surface area (Å²) in [6.45, 7) is 3.49. The van der Waals surface area contributed by atoms with Gasteiger partial charge in [0.25, 0.3) is 0 Å². The van der Waals surface area contributed by atoms with Crippen LogP contribution < -0.4 is 5.32 Å². The fourth-order valence-electron chi connectivity index (χ4n) is 1.57. The van der Waals surface area contributed by atoms with E-state index in [4.69, 9.17) is 5.11 Å². The second kappa shape index (κ2) is 5.98. The third-order valence-electron chi connectivity index (χ3n) is 2.31. The van der Waals surface area contributed by atoms with Gasteiger partial charge in [-0.05, 0) is 25.0 Å². The molecular weight excluding hydrogens is 228 g/mol. The predicted molar refractivity (Wildman–Crippen MR) is 59.7 cm³/mol. The fraction of sp³-hybridized carbons (Fsp3) is 0.250. The standard InChI is InChI=1S/C12H13F2NO2/c1-2-3-7-10(15-12(16)17)11-8(13)5-4-6-9(11)14/h2,4-6,10,15H,1,3,7H2,(H,16,17). The Labute approximate surface area is 97.8 Å². The maximum Gasteiger partial charge on any atom is 0.405 e. The van der Waals surface area contributed by atoms with Gasteiger partial charge in [-0.25, -0.2) is 13.6 Å². The lowest BCUT2D eigenvalue weighted by Crippen LogP contribution is -2.28. The molecule has 1 aromatic carbocycles. The van der Waals surface area contributed by atoms with Crippen LogP contribution in [0.1, 0.15) is 24.4 Å². The van der Waals surface area contributed by atoms with E-state index < -0.39 is 23.8 Å². The van der Waals surface area contributed by atoms with Crippen LogP contribution in [-0.4, -0.2) is 11.2 Å². The van der Waals surface area contributed by atoms with Gasteiger partial charge in [-0.1, -0.05) is 12.1 Å². The van der Waals surface area contributed by atoms with Crippen LogP contribution >= 0.6 is 0 Å². The fourth-order valence-corrected chi connectivity index (χ4v) is 1.57. The zero-order valence-corrected chi connectivity index (χ0v) is 9.12. The molecule has 1 aromatic rings. The summed E-state index contributed by atoms with van der Waals surface area (Å²) in [6, 6.07) is 2.53. The molecule has 17 heavy (non-hydrogen) atoms. The summed E-state index contributed by atoms with van der Waals surface area (Å²) >= 11 is 0. The van der Waals surface area contributed by atoms with E-state index in [2.05, 4.69) is 11.9 Å². The molecule has 0 fully saturated rings. The van der Waals surface area contributed by atoms with E-state index in [-0.39, 0.29) is 12.0 Å². The number of nitrogens with one attached hydrogen (secondary N) is 1. The number of benzene rings is 1. The lowest BCUT2D eigenvalue weighted by atomic mass is 10.0. The van der Waals surface area contributed by atoms with Gasteiger partial charge in [-0.3, -0.25) is 0 Å². The number of hydrogen-bond acceptors (Lipinski definition) is 1. The third kappa shape index (κ3) is 3.55. The molecule has 0 saturated carbocycles. The van der Waals surface area contributed by atoms with Crippen molar-refractivity contribution in [1.82, 2.24) is 5.32 Å². The van der Waals surface area contributed by atoms with Gasteiger partial charge >= 0.3 is 6.09 Å². The lowest BCUT2D eigenvalue weighted by molar-refractivity contribution is 0.188. The summed E-state index contributed by atoms with van der Waals surface area (Å²) in [5, 5.41) is 10.7. The van der Waals surface area contributed by atoms with E-state index in [0.29, 0.717) is 6.42 Å². The number of halogens is 2. The minimum Gasteiger partial charge on any atom is -0.465 e. The van der Waals surface area contributed by atoms with Gasteiger partial charge in [0, 0.05) is 5.56 Å². The van der Waals surface area contributed by atoms with Crippen molar-refractivity contribution in [3.8, 4) is 0 Å². The number of carboxylic acid groups (broad SMARTS) is 1. The molecule has 0 aliphatic carbocycles. The Morgan fingerprint density at radius 3 is 2.53 bits per heavy atom. The normalized spacial score (nSPS) is 11.9. The number of carbonyl (C=O) groups is 1. The van der Waals surface area contributed by atoms with Crippen molar-refractivity contribution in [3.63, 3.8) is 0 Å². The van der Waals surface area contributed by atoms with Crippen molar-refractivity contribution in [2.45, 2.75) is 18.9 Å². The van der Waals surface area contributed by atoms with Crippen LogP contribution in [0.3, 0.4) is 0 Å². The van der Waals surface area contributed by atoms with E-state index in [0.717, 1.165) is 12.1 Å². The van der Waals surface area contributed by atoms with Crippen molar-refractivity contribution in [1.29, 1.82) is 0 Å². The maximum absolute atomic E-state index is 13.5. The molecule has 0 spiro atoms. The smallest absolute Gasteiger partial charge is 0.405 e. The zero-order chi connectivity index (χ0) is 12.8. The summed E-state index contributed by atoms with van der Waals surface area (Å²) in [7, 11) is 0. The summed E-state index contributed by atoms with van der Waals surface area (Å²) in [5.41, 5.74) is -0.253. The molecule has 1 rings (SSSR count). The first-order valence-corrected chi connectivity index (χ1v) is 5.10. The molecule has 3 nitrogen and oxygen atoms in total. The number of allylic oxidation sites excluding steroid dienone is 1. The van der Waals surface area contributed by atoms with Crippen molar-refractivity contribution >= 4 is 6.09 Å². The van der Waals surface area contributed by atoms with Crippen LogP contribution in [-0.2, 0) is 0 Å². The average molecular weight is 241 g/mol. The molecule has 1 unspecified atom stereocenters. The van der Waals surface area contributed by atoms with Gasteiger partial charge in [0.15, 0.2) is 0 Å². The van der Waals surface area contributed by atoms with Gasteiger partial charge in [-0.2, -0.15) is 0 Å². The highest BCUT2D eigenvalue weighted by atomic mass is 19.1. The van der Waals surface area contributed by atoms with Gasteiger partial charge in [-0.15, -0.1) is 6.58 Å². The molecule has 0 aliphatic heterocycles. The number of hydrogen-bond donors (Lipinski definition) is 2. The lowest BCUT2D eigenvalue weighted by Gasteiger charge is -2.17.